The molecular formula is C16H16F2N2O. The molecule has 1 aliphatic heterocycles. The van der Waals surface area contributed by atoms with Gasteiger partial charge in [-0.25, -0.2) is 13.8 Å². The zero-order valence-corrected chi connectivity index (χ0v) is 11.6. The van der Waals surface area contributed by atoms with Gasteiger partial charge in [0.25, 0.3) is 5.88 Å². The average molecular weight is 290 g/mol. The smallest absolute Gasteiger partial charge is 0.255 e. The molecule has 21 heavy (non-hydrogen) atoms. The number of aromatic nitrogens is 1. The van der Waals surface area contributed by atoms with E-state index < -0.39 is 11.6 Å². The molecule has 0 saturated carbocycles. The molecule has 0 atom stereocenters. The Morgan fingerprint density at radius 3 is 2.67 bits per heavy atom. The third-order valence-corrected chi connectivity index (χ3v) is 3.57. The van der Waals surface area contributed by atoms with Crippen molar-refractivity contribution in [3.05, 3.63) is 53.7 Å². The molecule has 1 fully saturated rings. The van der Waals surface area contributed by atoms with Crippen molar-refractivity contribution >= 4 is 0 Å². The van der Waals surface area contributed by atoms with Crippen molar-refractivity contribution in [2.75, 3.05) is 13.1 Å². The summed E-state index contributed by atoms with van der Waals surface area (Å²) in [7, 11) is 0. The SMILES string of the molecule is Fc1cccnc1Oc1cccc(CN2CCCC2)c1F. The van der Waals surface area contributed by atoms with Gasteiger partial charge in [0, 0.05) is 18.3 Å². The number of ether oxygens (including phenoxy) is 1. The van der Waals surface area contributed by atoms with Crippen molar-refractivity contribution in [2.24, 2.45) is 0 Å². The lowest BCUT2D eigenvalue weighted by Gasteiger charge is -2.16. The molecule has 0 aliphatic carbocycles. The van der Waals surface area contributed by atoms with Gasteiger partial charge >= 0.3 is 0 Å². The molecule has 3 nitrogen and oxygen atoms in total. The number of hydrogen-bond acceptors (Lipinski definition) is 3. The van der Waals surface area contributed by atoms with E-state index in [0.717, 1.165) is 25.9 Å². The van der Waals surface area contributed by atoms with Gasteiger partial charge in [0.15, 0.2) is 17.4 Å². The highest BCUT2D eigenvalue weighted by Crippen LogP contribution is 2.27. The van der Waals surface area contributed by atoms with Gasteiger partial charge in [-0.1, -0.05) is 12.1 Å². The summed E-state index contributed by atoms with van der Waals surface area (Å²) in [6.45, 7) is 2.52. The molecule has 1 aromatic carbocycles. The van der Waals surface area contributed by atoms with Crippen LogP contribution in [-0.4, -0.2) is 23.0 Å². The molecule has 0 N–H and O–H groups in total. The molecule has 3 rings (SSSR count). The maximum atomic E-state index is 14.4. The fraction of sp³-hybridized carbons (Fsp3) is 0.312. The van der Waals surface area contributed by atoms with E-state index in [0.29, 0.717) is 12.1 Å². The second kappa shape index (κ2) is 6.18. The van der Waals surface area contributed by atoms with Gasteiger partial charge in [0.05, 0.1) is 0 Å². The second-order valence-electron chi connectivity index (χ2n) is 5.10. The first-order chi connectivity index (χ1) is 10.2. The number of rotatable bonds is 4. The van der Waals surface area contributed by atoms with E-state index in [4.69, 9.17) is 4.74 Å². The Bertz CT molecular complexity index is 627. The monoisotopic (exact) mass is 290 g/mol. The highest BCUT2D eigenvalue weighted by Gasteiger charge is 2.17. The van der Waals surface area contributed by atoms with Crippen LogP contribution in [0.4, 0.5) is 8.78 Å². The van der Waals surface area contributed by atoms with Crippen molar-refractivity contribution in [1.29, 1.82) is 0 Å². The Kier molecular flexibility index (Phi) is 4.10. The first-order valence-corrected chi connectivity index (χ1v) is 7.02. The molecule has 2 heterocycles. The summed E-state index contributed by atoms with van der Waals surface area (Å²) in [5.41, 5.74) is 0.561. The maximum absolute atomic E-state index is 14.4. The lowest BCUT2D eigenvalue weighted by atomic mass is 10.2. The minimum Gasteiger partial charge on any atom is -0.433 e. The first kappa shape index (κ1) is 13.9. The maximum Gasteiger partial charge on any atom is 0.255 e. The molecule has 0 spiro atoms. The van der Waals surface area contributed by atoms with Crippen molar-refractivity contribution in [3.63, 3.8) is 0 Å². The normalized spacial score (nSPS) is 15.3. The average Bonchev–Trinajstić information content (AvgIpc) is 2.98. The third kappa shape index (κ3) is 3.19. The predicted molar refractivity (Wildman–Crippen MR) is 75.2 cm³/mol. The van der Waals surface area contributed by atoms with Crippen LogP contribution in [0.15, 0.2) is 36.5 Å². The molecule has 1 aromatic heterocycles. The Balaban J connectivity index is 1.81. The summed E-state index contributed by atoms with van der Waals surface area (Å²) >= 11 is 0. The lowest BCUT2D eigenvalue weighted by molar-refractivity contribution is 0.321. The van der Waals surface area contributed by atoms with Gasteiger partial charge < -0.3 is 4.74 Å². The molecule has 0 amide bonds. The summed E-state index contributed by atoms with van der Waals surface area (Å²) < 4.78 is 33.2. The van der Waals surface area contributed by atoms with Crippen LogP contribution in [0.5, 0.6) is 11.6 Å². The van der Waals surface area contributed by atoms with Gasteiger partial charge in [-0.15, -0.1) is 0 Å². The quantitative estimate of drug-likeness (QED) is 0.857. The molecular weight excluding hydrogens is 274 g/mol. The van der Waals surface area contributed by atoms with Gasteiger partial charge in [-0.05, 0) is 44.1 Å². The van der Waals surface area contributed by atoms with E-state index in [1.165, 1.54) is 24.4 Å². The molecule has 2 aromatic rings. The number of pyridine rings is 1. The fourth-order valence-corrected chi connectivity index (χ4v) is 2.49. The number of benzene rings is 1. The minimum absolute atomic E-state index is 0.00398. The Labute approximate surface area is 122 Å². The fourth-order valence-electron chi connectivity index (χ4n) is 2.49. The second-order valence-corrected chi connectivity index (χ2v) is 5.10. The van der Waals surface area contributed by atoms with Crippen LogP contribution in [0.1, 0.15) is 18.4 Å². The minimum atomic E-state index is -0.609. The van der Waals surface area contributed by atoms with E-state index in [1.807, 2.05) is 0 Å². The number of hydrogen-bond donors (Lipinski definition) is 0. The van der Waals surface area contributed by atoms with Crippen molar-refractivity contribution < 1.29 is 13.5 Å². The summed E-state index contributed by atoms with van der Waals surface area (Å²) in [6, 6.07) is 7.62. The highest BCUT2D eigenvalue weighted by atomic mass is 19.1. The summed E-state index contributed by atoms with van der Waals surface area (Å²) in [6.07, 6.45) is 3.71. The molecule has 0 radical (unpaired) electrons. The van der Waals surface area contributed by atoms with Crippen LogP contribution in [0.3, 0.4) is 0 Å². The standard InChI is InChI=1S/C16H16F2N2O/c17-13-6-4-8-19-16(13)21-14-7-3-5-12(15(14)18)11-20-9-1-2-10-20/h3-8H,1-2,9-11H2. The van der Waals surface area contributed by atoms with Crippen molar-refractivity contribution in [2.45, 2.75) is 19.4 Å². The van der Waals surface area contributed by atoms with E-state index >= 15 is 0 Å². The van der Waals surface area contributed by atoms with Crippen molar-refractivity contribution in [3.8, 4) is 11.6 Å². The lowest BCUT2D eigenvalue weighted by Crippen LogP contribution is -2.19. The molecule has 0 unspecified atom stereocenters. The summed E-state index contributed by atoms with van der Waals surface area (Å²) in [5.74, 6) is -1.27. The Morgan fingerprint density at radius 1 is 1.10 bits per heavy atom. The molecule has 0 bridgehead atoms. The van der Waals surface area contributed by atoms with Crippen LogP contribution in [-0.2, 0) is 6.54 Å². The highest BCUT2D eigenvalue weighted by molar-refractivity contribution is 5.34. The zero-order chi connectivity index (χ0) is 14.7. The van der Waals surface area contributed by atoms with E-state index in [9.17, 15) is 8.78 Å². The van der Waals surface area contributed by atoms with Crippen LogP contribution < -0.4 is 4.74 Å². The van der Waals surface area contributed by atoms with Crippen LogP contribution in [0.25, 0.3) is 0 Å². The van der Waals surface area contributed by atoms with Crippen LogP contribution in [0, 0.1) is 11.6 Å². The van der Waals surface area contributed by atoms with Crippen LogP contribution >= 0.6 is 0 Å². The van der Waals surface area contributed by atoms with Crippen LogP contribution in [0.2, 0.25) is 0 Å². The zero-order valence-electron chi connectivity index (χ0n) is 11.6. The van der Waals surface area contributed by atoms with Gasteiger partial charge in [0.2, 0.25) is 0 Å². The molecule has 5 heteroatoms. The Hall–Kier alpha value is -2.01. The van der Waals surface area contributed by atoms with E-state index in [2.05, 4.69) is 9.88 Å². The topological polar surface area (TPSA) is 25.4 Å². The third-order valence-electron chi connectivity index (χ3n) is 3.57. The van der Waals surface area contributed by atoms with Gasteiger partial charge in [-0.3, -0.25) is 4.90 Å². The molecule has 1 aliphatic rings. The summed E-state index contributed by atoms with van der Waals surface area (Å²) in [5, 5.41) is 0. The van der Waals surface area contributed by atoms with Crippen molar-refractivity contribution in [1.82, 2.24) is 9.88 Å². The van der Waals surface area contributed by atoms with E-state index in [1.54, 1.807) is 12.1 Å². The Morgan fingerprint density at radius 2 is 1.90 bits per heavy atom. The largest absolute Gasteiger partial charge is 0.433 e. The molecule has 1 saturated heterocycles. The molecule has 110 valence electrons. The number of halogens is 2. The first-order valence-electron chi connectivity index (χ1n) is 7.02. The summed E-state index contributed by atoms with van der Waals surface area (Å²) in [4.78, 5) is 5.97. The van der Waals surface area contributed by atoms with Gasteiger partial charge in [0.1, 0.15) is 0 Å². The van der Waals surface area contributed by atoms with Gasteiger partial charge in [-0.2, -0.15) is 0 Å². The number of nitrogens with zero attached hydrogens (tertiary/aromatic N) is 2. The predicted octanol–water partition coefficient (Wildman–Crippen LogP) is 3.75. The van der Waals surface area contributed by atoms with E-state index in [-0.39, 0.29) is 11.6 Å². The number of likely N-dealkylation sites (tertiary alicyclic amines) is 1.